The van der Waals surface area contributed by atoms with Crippen molar-refractivity contribution < 1.29 is 4.42 Å². The maximum atomic E-state index is 12.9. The molecule has 0 N–H and O–H groups in total. The molecule has 4 aromatic rings. The molecule has 0 aliphatic rings. The molecule has 0 atom stereocenters. The smallest absolute Gasteiger partial charge is 0.336 e. The molecule has 0 amide bonds. The van der Waals surface area contributed by atoms with Gasteiger partial charge >= 0.3 is 5.63 Å². The number of fused-ring (bicyclic) bond motifs is 2. The van der Waals surface area contributed by atoms with E-state index in [1.165, 1.54) is 28.3 Å². The topological polar surface area (TPSA) is 65.1 Å². The van der Waals surface area contributed by atoms with Crippen LogP contribution >= 0.6 is 22.9 Å². The van der Waals surface area contributed by atoms with Crippen molar-refractivity contribution in [1.82, 2.24) is 9.55 Å². The Morgan fingerprint density at radius 1 is 1.19 bits per heavy atom. The average Bonchev–Trinajstić information content (AvgIpc) is 2.87. The highest BCUT2D eigenvalue weighted by molar-refractivity contribution is 7.18. The van der Waals surface area contributed by atoms with Crippen molar-refractivity contribution in [2.24, 2.45) is 0 Å². The Morgan fingerprint density at radius 2 is 1.96 bits per heavy atom. The van der Waals surface area contributed by atoms with E-state index in [-0.39, 0.29) is 12.1 Å². The van der Waals surface area contributed by atoms with E-state index in [4.69, 9.17) is 16.0 Å². The molecule has 3 aromatic heterocycles. The summed E-state index contributed by atoms with van der Waals surface area (Å²) in [6, 6.07) is 4.90. The summed E-state index contributed by atoms with van der Waals surface area (Å²) in [5.41, 5.74) is 2.33. The number of thiophene rings is 1. The molecule has 0 aliphatic carbocycles. The SMILES string of the molecule is Cc1cc2oc(=O)cc(Cn3cnc4sc(C)c(C)c4c3=O)c2cc1Cl. The number of hydrogen-bond acceptors (Lipinski definition) is 5. The van der Waals surface area contributed by atoms with Gasteiger partial charge in [-0.2, -0.15) is 0 Å². The lowest BCUT2D eigenvalue weighted by Crippen LogP contribution is -2.21. The summed E-state index contributed by atoms with van der Waals surface area (Å²) in [4.78, 5) is 31.1. The van der Waals surface area contributed by atoms with Crippen molar-refractivity contribution in [3.05, 3.63) is 71.9 Å². The molecule has 132 valence electrons. The Kier molecular flexibility index (Phi) is 3.97. The van der Waals surface area contributed by atoms with Crippen LogP contribution in [0.25, 0.3) is 21.2 Å². The van der Waals surface area contributed by atoms with Crippen molar-refractivity contribution in [2.75, 3.05) is 0 Å². The van der Waals surface area contributed by atoms with Crippen molar-refractivity contribution >= 4 is 44.1 Å². The minimum atomic E-state index is -0.459. The van der Waals surface area contributed by atoms with E-state index in [9.17, 15) is 9.59 Å². The average molecular weight is 387 g/mol. The van der Waals surface area contributed by atoms with Crippen molar-refractivity contribution in [3.63, 3.8) is 0 Å². The van der Waals surface area contributed by atoms with Crippen LogP contribution in [0.3, 0.4) is 0 Å². The van der Waals surface area contributed by atoms with Crippen LogP contribution in [-0.2, 0) is 6.54 Å². The molecule has 0 saturated carbocycles. The Hall–Kier alpha value is -2.44. The van der Waals surface area contributed by atoms with Gasteiger partial charge in [-0.1, -0.05) is 11.6 Å². The molecular weight excluding hydrogens is 372 g/mol. The number of halogens is 1. The zero-order valence-corrected chi connectivity index (χ0v) is 16.0. The molecule has 1 aromatic carbocycles. The fourth-order valence-electron chi connectivity index (χ4n) is 3.05. The Balaban J connectivity index is 1.93. The molecule has 3 heterocycles. The summed E-state index contributed by atoms with van der Waals surface area (Å²) in [5, 5.41) is 1.93. The molecule has 0 saturated heterocycles. The van der Waals surface area contributed by atoms with Crippen molar-refractivity contribution in [1.29, 1.82) is 0 Å². The Labute approximate surface area is 157 Å². The minimum Gasteiger partial charge on any atom is -0.423 e. The largest absolute Gasteiger partial charge is 0.423 e. The van der Waals surface area contributed by atoms with Crippen LogP contribution in [0.15, 0.2) is 38.5 Å². The number of aryl methyl sites for hydroxylation is 3. The Morgan fingerprint density at radius 3 is 2.73 bits per heavy atom. The van der Waals surface area contributed by atoms with E-state index in [1.54, 1.807) is 12.1 Å². The van der Waals surface area contributed by atoms with Gasteiger partial charge in [0, 0.05) is 21.4 Å². The van der Waals surface area contributed by atoms with E-state index in [0.717, 1.165) is 20.8 Å². The second-order valence-corrected chi connectivity index (χ2v) is 7.94. The van der Waals surface area contributed by atoms with Gasteiger partial charge in [-0.05, 0) is 49.6 Å². The number of benzene rings is 1. The van der Waals surface area contributed by atoms with Crippen LogP contribution < -0.4 is 11.2 Å². The predicted molar refractivity (Wildman–Crippen MR) is 105 cm³/mol. The Bertz CT molecular complexity index is 1300. The van der Waals surface area contributed by atoms with Gasteiger partial charge in [0.15, 0.2) is 0 Å². The summed E-state index contributed by atoms with van der Waals surface area (Å²) in [5.74, 6) is 0. The lowest BCUT2D eigenvalue weighted by Gasteiger charge is -2.09. The molecule has 5 nitrogen and oxygen atoms in total. The van der Waals surface area contributed by atoms with Gasteiger partial charge in [-0.3, -0.25) is 9.36 Å². The van der Waals surface area contributed by atoms with Crippen LogP contribution in [0.4, 0.5) is 0 Å². The molecule has 0 bridgehead atoms. The first-order chi connectivity index (χ1) is 12.3. The maximum absolute atomic E-state index is 12.9. The van der Waals surface area contributed by atoms with Gasteiger partial charge in [0.2, 0.25) is 0 Å². The van der Waals surface area contributed by atoms with E-state index < -0.39 is 5.63 Å². The van der Waals surface area contributed by atoms with Crippen molar-refractivity contribution in [2.45, 2.75) is 27.3 Å². The highest BCUT2D eigenvalue weighted by Gasteiger charge is 2.14. The van der Waals surface area contributed by atoms with Crippen LogP contribution in [-0.4, -0.2) is 9.55 Å². The molecular formula is C19H15ClN2O3S. The fraction of sp³-hybridized carbons (Fsp3) is 0.211. The molecule has 4 rings (SSSR count). The fourth-order valence-corrected chi connectivity index (χ4v) is 4.20. The first-order valence-electron chi connectivity index (χ1n) is 8.03. The zero-order valence-electron chi connectivity index (χ0n) is 14.4. The third-order valence-corrected chi connectivity index (χ3v) is 6.13. The monoisotopic (exact) mass is 386 g/mol. The van der Waals surface area contributed by atoms with E-state index in [1.807, 2.05) is 20.8 Å². The van der Waals surface area contributed by atoms with E-state index in [0.29, 0.717) is 26.9 Å². The number of aromatic nitrogens is 2. The highest BCUT2D eigenvalue weighted by Crippen LogP contribution is 2.27. The lowest BCUT2D eigenvalue weighted by molar-refractivity contribution is 0.557. The normalized spacial score (nSPS) is 11.5. The highest BCUT2D eigenvalue weighted by atomic mass is 35.5. The molecule has 0 fully saturated rings. The summed E-state index contributed by atoms with van der Waals surface area (Å²) >= 11 is 7.75. The molecule has 0 spiro atoms. The van der Waals surface area contributed by atoms with E-state index in [2.05, 4.69) is 4.98 Å². The number of nitrogens with zero attached hydrogens (tertiary/aromatic N) is 2. The number of rotatable bonds is 2. The zero-order chi connectivity index (χ0) is 18.6. The van der Waals surface area contributed by atoms with Crippen LogP contribution in [0.1, 0.15) is 21.6 Å². The molecule has 0 aliphatic heterocycles. The van der Waals surface area contributed by atoms with Gasteiger partial charge in [-0.25, -0.2) is 9.78 Å². The second kappa shape index (κ2) is 6.07. The maximum Gasteiger partial charge on any atom is 0.336 e. The minimum absolute atomic E-state index is 0.114. The third kappa shape index (κ3) is 2.66. The van der Waals surface area contributed by atoms with E-state index >= 15 is 0 Å². The van der Waals surface area contributed by atoms with Crippen LogP contribution in [0.5, 0.6) is 0 Å². The third-order valence-electron chi connectivity index (χ3n) is 4.61. The van der Waals surface area contributed by atoms with Gasteiger partial charge in [0.05, 0.1) is 18.3 Å². The molecule has 0 unspecified atom stereocenters. The summed E-state index contributed by atoms with van der Waals surface area (Å²) in [6.45, 7) is 5.97. The van der Waals surface area contributed by atoms with Gasteiger partial charge in [-0.15, -0.1) is 11.3 Å². The molecule has 0 radical (unpaired) electrons. The summed E-state index contributed by atoms with van der Waals surface area (Å²) < 4.78 is 6.80. The lowest BCUT2D eigenvalue weighted by atomic mass is 10.1. The predicted octanol–water partition coefficient (Wildman–Crippen LogP) is 4.19. The van der Waals surface area contributed by atoms with Gasteiger partial charge in [0.25, 0.3) is 5.56 Å². The summed E-state index contributed by atoms with van der Waals surface area (Å²) in [7, 11) is 0. The summed E-state index contributed by atoms with van der Waals surface area (Å²) in [6.07, 6.45) is 1.52. The van der Waals surface area contributed by atoms with Crippen molar-refractivity contribution in [3.8, 4) is 0 Å². The standard InChI is InChI=1S/C19H15ClN2O3S/c1-9-4-15-13(6-14(9)20)12(5-16(23)25-15)7-22-8-21-18-17(19(22)24)10(2)11(3)26-18/h4-6,8H,7H2,1-3H3. The molecule has 26 heavy (non-hydrogen) atoms. The molecule has 7 heteroatoms. The quantitative estimate of drug-likeness (QED) is 0.484. The first-order valence-corrected chi connectivity index (χ1v) is 9.22. The van der Waals surface area contributed by atoms with Crippen LogP contribution in [0, 0.1) is 20.8 Å². The van der Waals surface area contributed by atoms with Gasteiger partial charge in [0.1, 0.15) is 10.4 Å². The first kappa shape index (κ1) is 17.0. The van der Waals surface area contributed by atoms with Crippen LogP contribution in [0.2, 0.25) is 5.02 Å². The number of hydrogen-bond donors (Lipinski definition) is 0. The van der Waals surface area contributed by atoms with Gasteiger partial charge < -0.3 is 4.42 Å². The second-order valence-electron chi connectivity index (χ2n) is 6.33.